The Morgan fingerprint density at radius 1 is 1.25 bits per heavy atom. The van der Waals surface area contributed by atoms with Gasteiger partial charge in [-0.05, 0) is 30.5 Å². The second-order valence-corrected chi connectivity index (χ2v) is 4.98. The normalized spacial score (nSPS) is 11.6. The van der Waals surface area contributed by atoms with E-state index in [9.17, 15) is 9.59 Å². The van der Waals surface area contributed by atoms with E-state index >= 15 is 0 Å². The number of carbonyl (C=O) groups is 2. The van der Waals surface area contributed by atoms with Crippen molar-refractivity contribution in [3.8, 4) is 0 Å². The summed E-state index contributed by atoms with van der Waals surface area (Å²) in [6.45, 7) is 4.53. The zero-order valence-corrected chi connectivity index (χ0v) is 12.6. The number of primary amides is 1. The number of rotatable bonds is 6. The van der Waals surface area contributed by atoms with Gasteiger partial charge in [0.15, 0.2) is 0 Å². The van der Waals surface area contributed by atoms with Crippen LogP contribution >= 0.6 is 12.4 Å². The van der Waals surface area contributed by atoms with Gasteiger partial charge < -0.3 is 16.8 Å². The summed E-state index contributed by atoms with van der Waals surface area (Å²) in [5.41, 5.74) is 11.6. The maximum absolute atomic E-state index is 12.1. The summed E-state index contributed by atoms with van der Waals surface area (Å²) < 4.78 is 0. The van der Waals surface area contributed by atoms with Crippen LogP contribution in [0.1, 0.15) is 41.0 Å². The Kier molecular flexibility index (Phi) is 7.87. The molecule has 1 aromatic rings. The monoisotopic (exact) mass is 299 g/mol. The molecule has 0 bridgehead atoms. The molecule has 0 aliphatic rings. The van der Waals surface area contributed by atoms with Crippen molar-refractivity contribution in [1.29, 1.82) is 0 Å². The molecule has 2 amide bonds. The standard InChI is InChI=1S/C14H21N3O2.ClH/c1-9(2)6-12(8-15)17-14(19)11-5-3-4-10(7-11)13(16)18;/h3-5,7,9,12H,6,8,15H2,1-2H3,(H2,16,18)(H,17,19);1H. The van der Waals surface area contributed by atoms with E-state index in [1.165, 1.54) is 6.07 Å². The Labute approximate surface area is 125 Å². The van der Waals surface area contributed by atoms with Gasteiger partial charge in [0.05, 0.1) is 0 Å². The molecule has 0 spiro atoms. The van der Waals surface area contributed by atoms with Crippen molar-refractivity contribution in [2.45, 2.75) is 26.3 Å². The van der Waals surface area contributed by atoms with Crippen molar-refractivity contribution < 1.29 is 9.59 Å². The van der Waals surface area contributed by atoms with Gasteiger partial charge in [-0.25, -0.2) is 0 Å². The van der Waals surface area contributed by atoms with Crippen LogP contribution in [0.5, 0.6) is 0 Å². The smallest absolute Gasteiger partial charge is 0.251 e. The molecular formula is C14H22ClN3O2. The maximum Gasteiger partial charge on any atom is 0.251 e. The molecule has 0 radical (unpaired) electrons. The number of nitrogens with one attached hydrogen (secondary N) is 1. The van der Waals surface area contributed by atoms with Crippen LogP contribution in [0, 0.1) is 5.92 Å². The fourth-order valence-corrected chi connectivity index (χ4v) is 1.87. The van der Waals surface area contributed by atoms with Crippen molar-refractivity contribution in [3.05, 3.63) is 35.4 Å². The van der Waals surface area contributed by atoms with Crippen LogP contribution in [0.15, 0.2) is 24.3 Å². The Morgan fingerprint density at radius 3 is 2.35 bits per heavy atom. The molecule has 20 heavy (non-hydrogen) atoms. The molecule has 5 nitrogen and oxygen atoms in total. The fraction of sp³-hybridized carbons (Fsp3) is 0.429. The predicted molar refractivity (Wildman–Crippen MR) is 82.0 cm³/mol. The van der Waals surface area contributed by atoms with E-state index < -0.39 is 5.91 Å². The molecule has 0 aliphatic carbocycles. The van der Waals surface area contributed by atoms with Gasteiger partial charge >= 0.3 is 0 Å². The summed E-state index contributed by atoms with van der Waals surface area (Å²) in [4.78, 5) is 23.1. The Hall–Kier alpha value is -1.59. The van der Waals surface area contributed by atoms with E-state index in [-0.39, 0.29) is 24.4 Å². The third-order valence-electron chi connectivity index (χ3n) is 2.78. The quantitative estimate of drug-likeness (QED) is 0.738. The molecule has 0 aliphatic heterocycles. The number of nitrogens with two attached hydrogens (primary N) is 2. The van der Waals surface area contributed by atoms with Crippen LogP contribution < -0.4 is 16.8 Å². The first-order chi connectivity index (χ1) is 8.93. The van der Waals surface area contributed by atoms with E-state index in [4.69, 9.17) is 11.5 Å². The third-order valence-corrected chi connectivity index (χ3v) is 2.78. The van der Waals surface area contributed by atoms with Crippen molar-refractivity contribution in [2.24, 2.45) is 17.4 Å². The summed E-state index contributed by atoms with van der Waals surface area (Å²) in [6.07, 6.45) is 0.817. The topological polar surface area (TPSA) is 98.2 Å². The van der Waals surface area contributed by atoms with E-state index in [1.54, 1.807) is 18.2 Å². The Bertz CT molecular complexity index is 463. The molecule has 1 atom stereocenters. The Balaban J connectivity index is 0.00000361. The third kappa shape index (κ3) is 5.59. The molecule has 5 N–H and O–H groups in total. The van der Waals surface area contributed by atoms with Crippen molar-refractivity contribution >= 4 is 24.2 Å². The summed E-state index contributed by atoms with van der Waals surface area (Å²) >= 11 is 0. The van der Waals surface area contributed by atoms with E-state index in [0.29, 0.717) is 23.6 Å². The van der Waals surface area contributed by atoms with Gasteiger partial charge in [-0.3, -0.25) is 9.59 Å². The highest BCUT2D eigenvalue weighted by Crippen LogP contribution is 2.07. The van der Waals surface area contributed by atoms with E-state index in [0.717, 1.165) is 6.42 Å². The number of halogens is 1. The first-order valence-electron chi connectivity index (χ1n) is 6.34. The van der Waals surface area contributed by atoms with Crippen molar-refractivity contribution in [2.75, 3.05) is 6.54 Å². The highest BCUT2D eigenvalue weighted by molar-refractivity contribution is 5.99. The van der Waals surface area contributed by atoms with Gasteiger partial charge in [0, 0.05) is 23.7 Å². The van der Waals surface area contributed by atoms with Crippen LogP contribution in [0.2, 0.25) is 0 Å². The molecule has 1 aromatic carbocycles. The van der Waals surface area contributed by atoms with Gasteiger partial charge in [0.2, 0.25) is 5.91 Å². The highest BCUT2D eigenvalue weighted by atomic mass is 35.5. The number of carbonyl (C=O) groups excluding carboxylic acids is 2. The fourth-order valence-electron chi connectivity index (χ4n) is 1.87. The summed E-state index contributed by atoms with van der Waals surface area (Å²) in [5, 5.41) is 2.86. The molecule has 0 saturated heterocycles. The molecule has 0 saturated carbocycles. The lowest BCUT2D eigenvalue weighted by atomic mass is 10.0. The zero-order chi connectivity index (χ0) is 14.4. The molecular weight excluding hydrogens is 278 g/mol. The van der Waals surface area contributed by atoms with Crippen LogP contribution in [-0.2, 0) is 0 Å². The minimum Gasteiger partial charge on any atom is -0.366 e. The molecule has 1 unspecified atom stereocenters. The zero-order valence-electron chi connectivity index (χ0n) is 11.8. The van der Waals surface area contributed by atoms with Crippen LogP contribution in [0.25, 0.3) is 0 Å². The second kappa shape index (κ2) is 8.55. The lowest BCUT2D eigenvalue weighted by Gasteiger charge is -2.18. The number of benzene rings is 1. The molecule has 0 heterocycles. The molecule has 1 rings (SSSR count). The molecule has 112 valence electrons. The summed E-state index contributed by atoms with van der Waals surface area (Å²) in [6, 6.07) is 6.28. The van der Waals surface area contributed by atoms with Crippen LogP contribution in [-0.4, -0.2) is 24.4 Å². The number of hydrogen-bond donors (Lipinski definition) is 3. The van der Waals surface area contributed by atoms with Crippen molar-refractivity contribution in [3.63, 3.8) is 0 Å². The number of hydrogen-bond acceptors (Lipinski definition) is 3. The first-order valence-corrected chi connectivity index (χ1v) is 6.34. The number of amides is 2. The maximum atomic E-state index is 12.1. The van der Waals surface area contributed by atoms with E-state index in [1.807, 2.05) is 0 Å². The van der Waals surface area contributed by atoms with Crippen LogP contribution in [0.4, 0.5) is 0 Å². The minimum atomic E-state index is -0.549. The lowest BCUT2D eigenvalue weighted by Crippen LogP contribution is -2.41. The molecule has 0 fully saturated rings. The average Bonchev–Trinajstić information content (AvgIpc) is 2.37. The van der Waals surface area contributed by atoms with Gasteiger partial charge in [0.1, 0.15) is 0 Å². The van der Waals surface area contributed by atoms with Crippen molar-refractivity contribution in [1.82, 2.24) is 5.32 Å². The summed E-state index contributed by atoms with van der Waals surface area (Å²) in [5.74, 6) is -0.336. The van der Waals surface area contributed by atoms with Gasteiger partial charge in [-0.15, -0.1) is 12.4 Å². The van der Waals surface area contributed by atoms with Gasteiger partial charge in [-0.2, -0.15) is 0 Å². The first kappa shape index (κ1) is 18.4. The second-order valence-electron chi connectivity index (χ2n) is 4.98. The molecule has 0 aromatic heterocycles. The minimum absolute atomic E-state index is 0. The lowest BCUT2D eigenvalue weighted by molar-refractivity contribution is 0.0933. The van der Waals surface area contributed by atoms with Gasteiger partial charge in [-0.1, -0.05) is 19.9 Å². The predicted octanol–water partition coefficient (Wildman–Crippen LogP) is 1.31. The van der Waals surface area contributed by atoms with E-state index in [2.05, 4.69) is 19.2 Å². The Morgan fingerprint density at radius 2 is 1.85 bits per heavy atom. The summed E-state index contributed by atoms with van der Waals surface area (Å²) in [7, 11) is 0. The van der Waals surface area contributed by atoms with Gasteiger partial charge in [0.25, 0.3) is 5.91 Å². The van der Waals surface area contributed by atoms with Crippen LogP contribution in [0.3, 0.4) is 0 Å². The average molecular weight is 300 g/mol. The SMILES string of the molecule is CC(C)CC(CN)NC(=O)c1cccc(C(N)=O)c1.Cl. The highest BCUT2D eigenvalue weighted by Gasteiger charge is 2.14. The molecule has 6 heteroatoms. The largest absolute Gasteiger partial charge is 0.366 e.